The van der Waals surface area contributed by atoms with Crippen LogP contribution in [0.25, 0.3) is 11.0 Å². The predicted octanol–water partition coefficient (Wildman–Crippen LogP) is 2.84. The number of halogens is 1. The Morgan fingerprint density at radius 1 is 1.10 bits per heavy atom. The molecule has 0 aliphatic heterocycles. The molecule has 2 aromatic carbocycles. The molecule has 0 N–H and O–H groups in total. The number of para-hydroxylation sites is 2. The first-order valence-electron chi connectivity index (χ1n) is 6.47. The van der Waals surface area contributed by atoms with Gasteiger partial charge in [0.2, 0.25) is 0 Å². The van der Waals surface area contributed by atoms with Crippen molar-refractivity contribution in [3.8, 4) is 0 Å². The van der Waals surface area contributed by atoms with Crippen LogP contribution in [0.3, 0.4) is 0 Å². The molecule has 4 heteroatoms. The second kappa shape index (κ2) is 4.63. The molecule has 0 aliphatic carbocycles. The summed E-state index contributed by atoms with van der Waals surface area (Å²) in [6, 6.07) is 12.3. The topological polar surface area (TPSA) is 26.9 Å². The highest BCUT2D eigenvalue weighted by molar-refractivity contribution is 5.76. The van der Waals surface area contributed by atoms with Crippen LogP contribution < -0.4 is 5.69 Å². The highest BCUT2D eigenvalue weighted by Gasteiger charge is 2.11. The van der Waals surface area contributed by atoms with E-state index in [9.17, 15) is 9.18 Å². The maximum atomic E-state index is 13.2. The normalized spacial score (nSPS) is 11.2. The molecule has 0 fully saturated rings. The maximum absolute atomic E-state index is 13.2. The van der Waals surface area contributed by atoms with Gasteiger partial charge < -0.3 is 0 Å². The second-order valence-corrected chi connectivity index (χ2v) is 4.99. The summed E-state index contributed by atoms with van der Waals surface area (Å²) in [5, 5.41) is 0. The molecule has 0 spiro atoms. The largest absolute Gasteiger partial charge is 0.329 e. The summed E-state index contributed by atoms with van der Waals surface area (Å²) in [7, 11) is 1.76. The molecule has 102 valence electrons. The zero-order valence-corrected chi connectivity index (χ0v) is 11.4. The minimum Gasteiger partial charge on any atom is -0.295 e. The first-order valence-corrected chi connectivity index (χ1v) is 6.47. The van der Waals surface area contributed by atoms with Gasteiger partial charge in [0.15, 0.2) is 0 Å². The molecule has 3 rings (SSSR count). The number of benzene rings is 2. The van der Waals surface area contributed by atoms with Gasteiger partial charge in [0.25, 0.3) is 0 Å². The molecule has 0 amide bonds. The van der Waals surface area contributed by atoms with Gasteiger partial charge in [0.1, 0.15) is 5.82 Å². The number of nitrogens with zero attached hydrogens (tertiary/aromatic N) is 2. The average molecular weight is 270 g/mol. The van der Waals surface area contributed by atoms with Crippen LogP contribution in [0.1, 0.15) is 11.1 Å². The quantitative estimate of drug-likeness (QED) is 0.703. The van der Waals surface area contributed by atoms with Crippen molar-refractivity contribution in [1.82, 2.24) is 9.13 Å². The zero-order valence-electron chi connectivity index (χ0n) is 11.4. The van der Waals surface area contributed by atoms with Crippen molar-refractivity contribution in [2.24, 2.45) is 7.05 Å². The van der Waals surface area contributed by atoms with Gasteiger partial charge in [-0.3, -0.25) is 9.13 Å². The van der Waals surface area contributed by atoms with E-state index in [1.54, 1.807) is 22.2 Å². The van der Waals surface area contributed by atoms with E-state index < -0.39 is 0 Å². The number of fused-ring (bicyclic) bond motifs is 1. The molecule has 0 bridgehead atoms. The summed E-state index contributed by atoms with van der Waals surface area (Å²) in [6.07, 6.45) is 0. The Kier molecular flexibility index (Phi) is 2.93. The van der Waals surface area contributed by atoms with Crippen LogP contribution in [0, 0.1) is 12.7 Å². The van der Waals surface area contributed by atoms with Crippen molar-refractivity contribution < 1.29 is 4.39 Å². The lowest BCUT2D eigenvalue weighted by Gasteiger charge is -2.07. The SMILES string of the molecule is Cc1cc(F)ccc1Cn1c(=O)n(C)c2ccccc21. The van der Waals surface area contributed by atoms with E-state index in [0.717, 1.165) is 22.2 Å². The fourth-order valence-electron chi connectivity index (χ4n) is 2.52. The number of hydrogen-bond donors (Lipinski definition) is 0. The van der Waals surface area contributed by atoms with E-state index >= 15 is 0 Å². The van der Waals surface area contributed by atoms with Crippen LogP contribution in [0.4, 0.5) is 4.39 Å². The molecular weight excluding hydrogens is 255 g/mol. The van der Waals surface area contributed by atoms with Gasteiger partial charge in [-0.2, -0.15) is 0 Å². The monoisotopic (exact) mass is 270 g/mol. The molecule has 0 saturated carbocycles. The van der Waals surface area contributed by atoms with Gasteiger partial charge in [0.05, 0.1) is 17.6 Å². The molecule has 3 nitrogen and oxygen atoms in total. The summed E-state index contributed by atoms with van der Waals surface area (Å²) in [5.41, 5.74) is 3.53. The van der Waals surface area contributed by atoms with Crippen molar-refractivity contribution in [2.45, 2.75) is 13.5 Å². The van der Waals surface area contributed by atoms with Crippen LogP contribution in [0.2, 0.25) is 0 Å². The molecule has 0 saturated heterocycles. The summed E-state index contributed by atoms with van der Waals surface area (Å²) >= 11 is 0. The lowest BCUT2D eigenvalue weighted by Crippen LogP contribution is -2.23. The smallest absolute Gasteiger partial charge is 0.295 e. The van der Waals surface area contributed by atoms with Crippen LogP contribution in [0.15, 0.2) is 47.3 Å². The minimum atomic E-state index is -0.253. The molecule has 1 aromatic heterocycles. The summed E-state index contributed by atoms with van der Waals surface area (Å²) < 4.78 is 16.5. The molecule has 20 heavy (non-hydrogen) atoms. The Balaban J connectivity index is 2.16. The van der Waals surface area contributed by atoms with E-state index in [0.29, 0.717) is 6.54 Å². The van der Waals surface area contributed by atoms with E-state index in [2.05, 4.69) is 0 Å². The molecular formula is C16H15FN2O. The maximum Gasteiger partial charge on any atom is 0.329 e. The third-order valence-electron chi connectivity index (χ3n) is 3.68. The minimum absolute atomic E-state index is 0.0603. The fraction of sp³-hybridized carbons (Fsp3) is 0.188. The fourth-order valence-corrected chi connectivity index (χ4v) is 2.52. The first-order chi connectivity index (χ1) is 9.58. The van der Waals surface area contributed by atoms with Gasteiger partial charge in [-0.1, -0.05) is 18.2 Å². The summed E-state index contributed by atoms with van der Waals surface area (Å²) in [4.78, 5) is 12.3. The van der Waals surface area contributed by atoms with Crippen molar-refractivity contribution in [2.75, 3.05) is 0 Å². The lowest BCUT2D eigenvalue weighted by molar-refractivity contribution is 0.624. The molecule has 1 heterocycles. The predicted molar refractivity (Wildman–Crippen MR) is 77.4 cm³/mol. The molecule has 0 unspecified atom stereocenters. The summed E-state index contributed by atoms with van der Waals surface area (Å²) in [6.45, 7) is 2.31. The van der Waals surface area contributed by atoms with Crippen molar-refractivity contribution in [1.29, 1.82) is 0 Å². The Labute approximate surface area is 115 Å². The standard InChI is InChI=1S/C16H15FN2O/c1-11-9-13(17)8-7-12(11)10-19-15-6-4-3-5-14(15)18(2)16(19)20/h3-9H,10H2,1-2H3. The number of aryl methyl sites for hydroxylation is 2. The summed E-state index contributed by atoms with van der Waals surface area (Å²) in [5.74, 6) is -0.253. The van der Waals surface area contributed by atoms with Gasteiger partial charge in [0, 0.05) is 7.05 Å². The molecule has 3 aromatic rings. The first kappa shape index (κ1) is 12.7. The van der Waals surface area contributed by atoms with E-state index in [1.807, 2.05) is 31.2 Å². The van der Waals surface area contributed by atoms with E-state index in [-0.39, 0.29) is 11.5 Å². The van der Waals surface area contributed by atoms with Crippen molar-refractivity contribution in [3.63, 3.8) is 0 Å². The zero-order chi connectivity index (χ0) is 14.3. The van der Waals surface area contributed by atoms with Crippen LogP contribution in [0.5, 0.6) is 0 Å². The van der Waals surface area contributed by atoms with E-state index in [1.165, 1.54) is 12.1 Å². The van der Waals surface area contributed by atoms with Crippen LogP contribution in [-0.4, -0.2) is 9.13 Å². The van der Waals surface area contributed by atoms with Gasteiger partial charge >= 0.3 is 5.69 Å². The van der Waals surface area contributed by atoms with Crippen LogP contribution >= 0.6 is 0 Å². The third-order valence-corrected chi connectivity index (χ3v) is 3.68. The second-order valence-electron chi connectivity index (χ2n) is 4.99. The Morgan fingerprint density at radius 2 is 1.80 bits per heavy atom. The van der Waals surface area contributed by atoms with Gasteiger partial charge in [-0.15, -0.1) is 0 Å². The van der Waals surface area contributed by atoms with Crippen molar-refractivity contribution >= 4 is 11.0 Å². The van der Waals surface area contributed by atoms with Gasteiger partial charge in [-0.05, 0) is 42.3 Å². The number of rotatable bonds is 2. The van der Waals surface area contributed by atoms with E-state index in [4.69, 9.17) is 0 Å². The number of hydrogen-bond acceptors (Lipinski definition) is 1. The third kappa shape index (κ3) is 1.93. The Bertz CT molecular complexity index is 845. The Hall–Kier alpha value is -2.36. The molecule has 0 radical (unpaired) electrons. The van der Waals surface area contributed by atoms with Crippen LogP contribution in [-0.2, 0) is 13.6 Å². The van der Waals surface area contributed by atoms with Crippen molar-refractivity contribution in [3.05, 3.63) is 69.9 Å². The average Bonchev–Trinajstić information content (AvgIpc) is 2.67. The highest BCUT2D eigenvalue weighted by Crippen LogP contribution is 2.16. The molecule has 0 aliphatic rings. The van der Waals surface area contributed by atoms with Gasteiger partial charge in [-0.25, -0.2) is 9.18 Å². The lowest BCUT2D eigenvalue weighted by atomic mass is 10.1. The number of imidazole rings is 1. The molecule has 0 atom stereocenters. The Morgan fingerprint density at radius 3 is 2.50 bits per heavy atom. The number of aromatic nitrogens is 2. The highest BCUT2D eigenvalue weighted by atomic mass is 19.1.